The summed E-state index contributed by atoms with van der Waals surface area (Å²) in [6.45, 7) is 6.90. The largest absolute Gasteiger partial charge is 0.494 e. The van der Waals surface area contributed by atoms with Crippen LogP contribution in [0, 0.1) is 0 Å². The van der Waals surface area contributed by atoms with Crippen LogP contribution in [0.1, 0.15) is 37.8 Å². The number of anilines is 1. The molecule has 32 heavy (non-hydrogen) atoms. The highest BCUT2D eigenvalue weighted by Crippen LogP contribution is 2.35. The molecule has 2 aliphatic heterocycles. The van der Waals surface area contributed by atoms with E-state index in [2.05, 4.69) is 6.92 Å². The van der Waals surface area contributed by atoms with Crippen LogP contribution in [-0.4, -0.2) is 49.6 Å². The van der Waals surface area contributed by atoms with Crippen molar-refractivity contribution in [1.29, 1.82) is 0 Å². The Balaban J connectivity index is 1.69. The number of nitrogens with zero attached hydrogens (tertiary/aromatic N) is 2. The highest BCUT2D eigenvalue weighted by molar-refractivity contribution is 6.45. The molecule has 6 nitrogen and oxygen atoms in total. The molecule has 0 N–H and O–H groups in total. The van der Waals surface area contributed by atoms with Crippen LogP contribution >= 0.6 is 0 Å². The van der Waals surface area contributed by atoms with E-state index in [1.165, 1.54) is 10.5 Å². The maximum absolute atomic E-state index is 13.6. The Hall–Kier alpha value is -3.12. The van der Waals surface area contributed by atoms with Crippen LogP contribution in [0.4, 0.5) is 5.69 Å². The smallest absolute Gasteiger partial charge is 0.282 e. The van der Waals surface area contributed by atoms with Crippen molar-refractivity contribution < 1.29 is 19.1 Å². The van der Waals surface area contributed by atoms with Gasteiger partial charge in [-0.2, -0.15) is 0 Å². The number of benzene rings is 2. The van der Waals surface area contributed by atoms with Crippen molar-refractivity contribution in [1.82, 2.24) is 4.90 Å². The first-order chi connectivity index (χ1) is 15.6. The Bertz CT molecular complexity index is 989. The Morgan fingerprint density at radius 1 is 0.906 bits per heavy atom. The van der Waals surface area contributed by atoms with Gasteiger partial charge in [0.2, 0.25) is 0 Å². The molecule has 0 radical (unpaired) electrons. The van der Waals surface area contributed by atoms with Gasteiger partial charge in [0, 0.05) is 13.1 Å². The Morgan fingerprint density at radius 3 is 2.22 bits per heavy atom. The number of hydrogen-bond donors (Lipinski definition) is 0. The fourth-order valence-electron chi connectivity index (χ4n) is 4.17. The lowest BCUT2D eigenvalue weighted by Crippen LogP contribution is -2.40. The zero-order chi connectivity index (χ0) is 22.5. The molecule has 0 aliphatic carbocycles. The summed E-state index contributed by atoms with van der Waals surface area (Å²) in [5.74, 6) is 0.171. The average Bonchev–Trinajstić information content (AvgIpc) is 3.09. The van der Waals surface area contributed by atoms with Gasteiger partial charge >= 0.3 is 0 Å². The van der Waals surface area contributed by atoms with Gasteiger partial charge in [0.05, 0.1) is 31.1 Å². The SMILES string of the molecule is CCCCc1ccc(N2C(=O)C(c3ccc(OCC)cc3)=C(N3CCOCC3)C2=O)cc1. The minimum atomic E-state index is -0.290. The lowest BCUT2D eigenvalue weighted by atomic mass is 10.0. The molecule has 0 spiro atoms. The molecule has 0 saturated carbocycles. The molecule has 2 aliphatic rings. The summed E-state index contributed by atoms with van der Waals surface area (Å²) in [5.41, 5.74) is 3.43. The Labute approximate surface area is 189 Å². The van der Waals surface area contributed by atoms with Crippen LogP contribution in [-0.2, 0) is 20.7 Å². The van der Waals surface area contributed by atoms with Crippen LogP contribution in [0.5, 0.6) is 5.75 Å². The summed E-state index contributed by atoms with van der Waals surface area (Å²) >= 11 is 0. The third-order valence-electron chi connectivity index (χ3n) is 5.85. The number of unbranched alkanes of at least 4 members (excludes halogenated alkanes) is 1. The number of carbonyl (C=O) groups is 2. The molecule has 4 rings (SSSR count). The predicted octanol–water partition coefficient (Wildman–Crippen LogP) is 4.04. The summed E-state index contributed by atoms with van der Waals surface area (Å²) in [6.07, 6.45) is 3.24. The minimum Gasteiger partial charge on any atom is -0.494 e. The summed E-state index contributed by atoms with van der Waals surface area (Å²) in [5, 5.41) is 0. The molecule has 2 heterocycles. The van der Waals surface area contributed by atoms with Crippen molar-refractivity contribution in [3.63, 3.8) is 0 Å². The van der Waals surface area contributed by atoms with E-state index in [0.717, 1.165) is 30.6 Å². The summed E-state index contributed by atoms with van der Waals surface area (Å²) in [4.78, 5) is 30.4. The summed E-state index contributed by atoms with van der Waals surface area (Å²) in [7, 11) is 0. The second-order valence-electron chi connectivity index (χ2n) is 8.00. The number of amides is 2. The van der Waals surface area contributed by atoms with Gasteiger partial charge in [-0.05, 0) is 55.2 Å². The minimum absolute atomic E-state index is 0.276. The van der Waals surface area contributed by atoms with Gasteiger partial charge in [0.25, 0.3) is 11.8 Å². The maximum atomic E-state index is 13.6. The van der Waals surface area contributed by atoms with Gasteiger partial charge in [-0.3, -0.25) is 9.59 Å². The van der Waals surface area contributed by atoms with E-state index in [4.69, 9.17) is 9.47 Å². The van der Waals surface area contributed by atoms with E-state index in [0.29, 0.717) is 49.9 Å². The van der Waals surface area contributed by atoms with Gasteiger partial charge in [0.15, 0.2) is 0 Å². The van der Waals surface area contributed by atoms with Crippen LogP contribution in [0.3, 0.4) is 0 Å². The molecule has 0 aromatic heterocycles. The first-order valence-corrected chi connectivity index (χ1v) is 11.4. The lowest BCUT2D eigenvalue weighted by Gasteiger charge is -2.29. The van der Waals surface area contributed by atoms with Gasteiger partial charge in [-0.25, -0.2) is 4.90 Å². The molecule has 168 valence electrons. The third-order valence-corrected chi connectivity index (χ3v) is 5.85. The standard InChI is InChI=1S/C26H30N2O4/c1-3-5-6-19-7-11-21(12-8-19)28-25(29)23(20-9-13-22(14-10-20)32-4-2)24(26(28)30)27-15-17-31-18-16-27/h7-14H,3-6,15-18H2,1-2H3. The number of hydrogen-bond acceptors (Lipinski definition) is 5. The second-order valence-corrected chi connectivity index (χ2v) is 8.00. The van der Waals surface area contributed by atoms with Gasteiger partial charge in [0.1, 0.15) is 11.4 Å². The van der Waals surface area contributed by atoms with Crippen molar-refractivity contribution in [2.45, 2.75) is 33.1 Å². The molecule has 0 bridgehead atoms. The fourth-order valence-corrected chi connectivity index (χ4v) is 4.17. The first kappa shape index (κ1) is 22.1. The van der Waals surface area contributed by atoms with E-state index < -0.39 is 0 Å². The molecule has 0 atom stereocenters. The van der Waals surface area contributed by atoms with Crippen LogP contribution in [0.15, 0.2) is 54.2 Å². The van der Waals surface area contributed by atoms with E-state index in [9.17, 15) is 9.59 Å². The van der Waals surface area contributed by atoms with Crippen LogP contribution in [0.2, 0.25) is 0 Å². The number of aryl methyl sites for hydroxylation is 1. The second kappa shape index (κ2) is 10.0. The topological polar surface area (TPSA) is 59.1 Å². The molecule has 2 amide bonds. The number of imide groups is 1. The van der Waals surface area contributed by atoms with Gasteiger partial charge in [-0.15, -0.1) is 0 Å². The van der Waals surface area contributed by atoms with Crippen molar-refractivity contribution in [3.8, 4) is 5.75 Å². The third kappa shape index (κ3) is 4.41. The molecule has 1 saturated heterocycles. The highest BCUT2D eigenvalue weighted by Gasteiger charge is 2.42. The number of carbonyl (C=O) groups excluding carboxylic acids is 2. The van der Waals surface area contributed by atoms with Gasteiger partial charge in [-0.1, -0.05) is 37.6 Å². The summed E-state index contributed by atoms with van der Waals surface area (Å²) in [6, 6.07) is 15.1. The highest BCUT2D eigenvalue weighted by atomic mass is 16.5. The molecular weight excluding hydrogens is 404 g/mol. The van der Waals surface area contributed by atoms with Crippen molar-refractivity contribution in [3.05, 3.63) is 65.4 Å². The van der Waals surface area contributed by atoms with E-state index in [1.54, 1.807) is 0 Å². The molecular formula is C26H30N2O4. The van der Waals surface area contributed by atoms with Crippen LogP contribution in [0.25, 0.3) is 5.57 Å². The van der Waals surface area contributed by atoms with E-state index >= 15 is 0 Å². The molecule has 6 heteroatoms. The van der Waals surface area contributed by atoms with Crippen molar-refractivity contribution in [2.24, 2.45) is 0 Å². The average molecular weight is 435 g/mol. The number of morpholine rings is 1. The van der Waals surface area contributed by atoms with Crippen LogP contribution < -0.4 is 9.64 Å². The fraction of sp³-hybridized carbons (Fsp3) is 0.385. The summed E-state index contributed by atoms with van der Waals surface area (Å²) < 4.78 is 11.0. The Kier molecular flexibility index (Phi) is 6.90. The molecule has 0 unspecified atom stereocenters. The van der Waals surface area contributed by atoms with E-state index in [-0.39, 0.29) is 11.8 Å². The zero-order valence-corrected chi connectivity index (χ0v) is 18.8. The van der Waals surface area contributed by atoms with Gasteiger partial charge < -0.3 is 14.4 Å². The number of rotatable bonds is 8. The first-order valence-electron chi connectivity index (χ1n) is 11.4. The number of ether oxygens (including phenoxy) is 2. The zero-order valence-electron chi connectivity index (χ0n) is 18.8. The Morgan fingerprint density at radius 2 is 1.59 bits per heavy atom. The molecule has 1 fully saturated rings. The predicted molar refractivity (Wildman–Crippen MR) is 124 cm³/mol. The molecule has 2 aromatic carbocycles. The monoisotopic (exact) mass is 434 g/mol. The van der Waals surface area contributed by atoms with Crippen molar-refractivity contribution >= 4 is 23.1 Å². The quantitative estimate of drug-likeness (QED) is 0.587. The lowest BCUT2D eigenvalue weighted by molar-refractivity contribution is -0.121. The maximum Gasteiger partial charge on any atom is 0.282 e. The van der Waals surface area contributed by atoms with Crippen molar-refractivity contribution in [2.75, 3.05) is 37.8 Å². The molecule has 2 aromatic rings. The normalized spacial score (nSPS) is 16.8. The van der Waals surface area contributed by atoms with E-state index in [1.807, 2.05) is 60.4 Å².